The molecule has 0 atom stereocenters. The molecule has 0 amide bonds. The van der Waals surface area contributed by atoms with Crippen LogP contribution in [0.25, 0.3) is 0 Å². The van der Waals surface area contributed by atoms with Crippen LogP contribution in [0, 0.1) is 6.92 Å². The molecule has 0 saturated carbocycles. The third-order valence-corrected chi connectivity index (χ3v) is 4.41. The van der Waals surface area contributed by atoms with Crippen molar-refractivity contribution in [3.05, 3.63) is 36.0 Å². The number of primary sulfonamides is 1. The van der Waals surface area contributed by atoms with Crippen LogP contribution in [0.4, 0.5) is 17.5 Å². The molecule has 0 aliphatic carbocycles. The highest BCUT2D eigenvalue weighted by Gasteiger charge is 2.08. The van der Waals surface area contributed by atoms with Crippen LogP contribution in [0.1, 0.15) is 12.0 Å². The summed E-state index contributed by atoms with van der Waals surface area (Å²) >= 11 is 0. The van der Waals surface area contributed by atoms with Gasteiger partial charge in [0.1, 0.15) is 5.82 Å². The fourth-order valence-corrected chi connectivity index (χ4v) is 2.66. The summed E-state index contributed by atoms with van der Waals surface area (Å²) in [6, 6.07) is 6.11. The SMILES string of the molecule is Cc1cnc(Nc2ccc(S(N)(=O)=O)cc2)nc1NCCCN(C)C. The first kappa shape index (κ1) is 19.1. The highest BCUT2D eigenvalue weighted by molar-refractivity contribution is 7.89. The Hall–Kier alpha value is -2.23. The summed E-state index contributed by atoms with van der Waals surface area (Å²) in [7, 11) is 0.385. The van der Waals surface area contributed by atoms with Gasteiger partial charge < -0.3 is 15.5 Å². The third-order valence-electron chi connectivity index (χ3n) is 3.49. The Kier molecular flexibility index (Phi) is 6.29. The smallest absolute Gasteiger partial charge is 0.238 e. The molecule has 1 aromatic heterocycles. The van der Waals surface area contributed by atoms with Gasteiger partial charge in [0.05, 0.1) is 4.90 Å². The average Bonchev–Trinajstić information content (AvgIpc) is 2.54. The monoisotopic (exact) mass is 364 g/mol. The van der Waals surface area contributed by atoms with Gasteiger partial charge in [0.15, 0.2) is 0 Å². The van der Waals surface area contributed by atoms with E-state index in [1.165, 1.54) is 12.1 Å². The van der Waals surface area contributed by atoms with Gasteiger partial charge in [0, 0.05) is 24.0 Å². The Labute approximate surface area is 148 Å². The second-order valence-electron chi connectivity index (χ2n) is 6.00. The van der Waals surface area contributed by atoms with Crippen LogP contribution in [0.2, 0.25) is 0 Å². The second-order valence-corrected chi connectivity index (χ2v) is 7.56. The molecule has 0 spiro atoms. The fraction of sp³-hybridized carbons (Fsp3) is 0.375. The first-order chi connectivity index (χ1) is 11.8. The molecule has 0 fully saturated rings. The van der Waals surface area contributed by atoms with E-state index in [0.29, 0.717) is 11.6 Å². The van der Waals surface area contributed by atoms with Crippen molar-refractivity contribution in [3.63, 3.8) is 0 Å². The number of hydrogen-bond acceptors (Lipinski definition) is 7. The zero-order chi connectivity index (χ0) is 18.4. The number of anilines is 3. The number of hydrogen-bond donors (Lipinski definition) is 3. The lowest BCUT2D eigenvalue weighted by atomic mass is 10.3. The van der Waals surface area contributed by atoms with Crippen LogP contribution in [0.5, 0.6) is 0 Å². The van der Waals surface area contributed by atoms with Crippen LogP contribution >= 0.6 is 0 Å². The van der Waals surface area contributed by atoms with E-state index in [2.05, 4.69) is 25.5 Å². The number of rotatable bonds is 8. The van der Waals surface area contributed by atoms with E-state index in [1.807, 2.05) is 21.0 Å². The van der Waals surface area contributed by atoms with Crippen molar-refractivity contribution in [2.75, 3.05) is 37.8 Å². The number of aromatic nitrogens is 2. The summed E-state index contributed by atoms with van der Waals surface area (Å²) < 4.78 is 22.5. The van der Waals surface area contributed by atoms with Crippen molar-refractivity contribution >= 4 is 27.5 Å². The summed E-state index contributed by atoms with van der Waals surface area (Å²) in [6.45, 7) is 3.76. The minimum Gasteiger partial charge on any atom is -0.370 e. The molecule has 136 valence electrons. The molecule has 8 nitrogen and oxygen atoms in total. The normalized spacial score (nSPS) is 11.6. The first-order valence-electron chi connectivity index (χ1n) is 7.88. The molecule has 4 N–H and O–H groups in total. The lowest BCUT2D eigenvalue weighted by Crippen LogP contribution is -2.17. The molecular formula is C16H24N6O2S. The molecule has 0 aliphatic heterocycles. The largest absolute Gasteiger partial charge is 0.370 e. The summed E-state index contributed by atoms with van der Waals surface area (Å²) in [5.41, 5.74) is 1.63. The van der Waals surface area contributed by atoms with Crippen molar-refractivity contribution in [3.8, 4) is 0 Å². The second kappa shape index (κ2) is 8.24. The van der Waals surface area contributed by atoms with Gasteiger partial charge in [-0.05, 0) is 58.3 Å². The number of nitrogens with one attached hydrogen (secondary N) is 2. The molecule has 9 heteroatoms. The number of nitrogens with zero attached hydrogens (tertiary/aromatic N) is 3. The van der Waals surface area contributed by atoms with Crippen LogP contribution < -0.4 is 15.8 Å². The van der Waals surface area contributed by atoms with Crippen molar-refractivity contribution < 1.29 is 8.42 Å². The molecular weight excluding hydrogens is 340 g/mol. The van der Waals surface area contributed by atoms with E-state index in [9.17, 15) is 8.42 Å². The summed E-state index contributed by atoms with van der Waals surface area (Å²) in [5.74, 6) is 1.21. The van der Waals surface area contributed by atoms with Crippen LogP contribution in [-0.4, -0.2) is 50.5 Å². The molecule has 0 bridgehead atoms. The fourth-order valence-electron chi connectivity index (χ4n) is 2.14. The van der Waals surface area contributed by atoms with Gasteiger partial charge in [-0.15, -0.1) is 0 Å². The maximum absolute atomic E-state index is 11.3. The third kappa shape index (κ3) is 5.96. The molecule has 0 aliphatic rings. The quantitative estimate of drug-likeness (QED) is 0.609. The van der Waals surface area contributed by atoms with Crippen molar-refractivity contribution in [2.24, 2.45) is 5.14 Å². The van der Waals surface area contributed by atoms with E-state index in [4.69, 9.17) is 5.14 Å². The molecule has 1 heterocycles. The van der Waals surface area contributed by atoms with Crippen molar-refractivity contribution in [1.82, 2.24) is 14.9 Å². The lowest BCUT2D eigenvalue weighted by molar-refractivity contribution is 0.405. The van der Waals surface area contributed by atoms with Gasteiger partial charge in [-0.25, -0.2) is 18.5 Å². The van der Waals surface area contributed by atoms with Crippen LogP contribution in [-0.2, 0) is 10.0 Å². The van der Waals surface area contributed by atoms with Gasteiger partial charge >= 0.3 is 0 Å². The number of aryl methyl sites for hydroxylation is 1. The molecule has 0 saturated heterocycles. The minimum atomic E-state index is -3.70. The Morgan fingerprint density at radius 2 is 1.88 bits per heavy atom. The lowest BCUT2D eigenvalue weighted by Gasteiger charge is -2.13. The van der Waals surface area contributed by atoms with E-state index in [-0.39, 0.29) is 4.90 Å². The Morgan fingerprint density at radius 3 is 2.48 bits per heavy atom. The van der Waals surface area contributed by atoms with Crippen molar-refractivity contribution in [2.45, 2.75) is 18.2 Å². The van der Waals surface area contributed by atoms with E-state index < -0.39 is 10.0 Å². The predicted molar refractivity (Wildman–Crippen MR) is 99.5 cm³/mol. The van der Waals surface area contributed by atoms with Gasteiger partial charge in [-0.1, -0.05) is 0 Å². The summed E-state index contributed by atoms with van der Waals surface area (Å²) in [4.78, 5) is 10.9. The van der Waals surface area contributed by atoms with E-state index >= 15 is 0 Å². The molecule has 2 aromatic rings. The summed E-state index contributed by atoms with van der Waals surface area (Å²) in [6.07, 6.45) is 2.75. The Morgan fingerprint density at radius 1 is 1.20 bits per heavy atom. The number of benzene rings is 1. The van der Waals surface area contributed by atoms with Crippen LogP contribution in [0.15, 0.2) is 35.4 Å². The molecule has 2 rings (SSSR count). The average molecular weight is 364 g/mol. The molecule has 0 unspecified atom stereocenters. The summed E-state index contributed by atoms with van der Waals surface area (Å²) in [5, 5.41) is 11.5. The highest BCUT2D eigenvalue weighted by atomic mass is 32.2. The Bertz CT molecular complexity index is 806. The molecule has 1 aromatic carbocycles. The minimum absolute atomic E-state index is 0.0612. The number of sulfonamides is 1. The molecule has 0 radical (unpaired) electrons. The maximum Gasteiger partial charge on any atom is 0.238 e. The zero-order valence-electron chi connectivity index (χ0n) is 14.7. The standard InChI is InChI=1S/C16H24N6O2S/c1-12-11-19-16(21-15(12)18-9-4-10-22(2)3)20-13-5-7-14(8-6-13)25(17,23)24/h5-8,11H,4,9-10H2,1-3H3,(H2,17,23,24)(H2,18,19,20,21). The maximum atomic E-state index is 11.3. The molecule has 25 heavy (non-hydrogen) atoms. The van der Waals surface area contributed by atoms with Crippen LogP contribution in [0.3, 0.4) is 0 Å². The zero-order valence-corrected chi connectivity index (χ0v) is 15.5. The van der Waals surface area contributed by atoms with Gasteiger partial charge in [0.25, 0.3) is 0 Å². The topological polar surface area (TPSA) is 113 Å². The van der Waals surface area contributed by atoms with E-state index in [0.717, 1.165) is 30.9 Å². The van der Waals surface area contributed by atoms with Gasteiger partial charge in [-0.3, -0.25) is 0 Å². The highest BCUT2D eigenvalue weighted by Crippen LogP contribution is 2.18. The van der Waals surface area contributed by atoms with E-state index in [1.54, 1.807) is 18.3 Å². The Balaban J connectivity index is 2.03. The number of nitrogens with two attached hydrogens (primary N) is 1. The predicted octanol–water partition coefficient (Wildman–Crippen LogP) is 1.54. The van der Waals surface area contributed by atoms with Crippen molar-refractivity contribution in [1.29, 1.82) is 0 Å². The van der Waals surface area contributed by atoms with Gasteiger partial charge in [0.2, 0.25) is 16.0 Å². The first-order valence-corrected chi connectivity index (χ1v) is 9.42. The van der Waals surface area contributed by atoms with Gasteiger partial charge in [-0.2, -0.15) is 4.98 Å².